The van der Waals surface area contributed by atoms with Crippen molar-refractivity contribution in [2.24, 2.45) is 0 Å². The number of hydrogen-bond acceptors (Lipinski definition) is 5. The molecule has 0 bridgehead atoms. The van der Waals surface area contributed by atoms with Gasteiger partial charge in [-0.1, -0.05) is 17.7 Å². The van der Waals surface area contributed by atoms with E-state index in [9.17, 15) is 14.4 Å². The smallest absolute Gasteiger partial charge is 0.261 e. The molecule has 0 saturated heterocycles. The van der Waals surface area contributed by atoms with Gasteiger partial charge in [0.1, 0.15) is 22.6 Å². The van der Waals surface area contributed by atoms with Gasteiger partial charge in [0, 0.05) is 12.1 Å². The van der Waals surface area contributed by atoms with Crippen LogP contribution in [0.1, 0.15) is 16.8 Å². The lowest BCUT2D eigenvalue weighted by atomic mass is 10.1. The number of methoxy groups -OCH3 is 2. The number of aromatic nitrogens is 2. The van der Waals surface area contributed by atoms with Crippen LogP contribution >= 0.6 is 11.6 Å². The van der Waals surface area contributed by atoms with Gasteiger partial charge >= 0.3 is 0 Å². The minimum Gasteiger partial charge on any atom is -0.493 e. The lowest BCUT2D eigenvalue weighted by Gasteiger charge is -2.10. The molecule has 3 aromatic rings. The molecule has 1 heterocycles. The lowest BCUT2D eigenvalue weighted by Crippen LogP contribution is -2.26. The second-order valence-electron chi connectivity index (χ2n) is 7.04. The number of benzene rings is 2. The summed E-state index contributed by atoms with van der Waals surface area (Å²) in [7, 11) is 3.11. The molecule has 9 heteroatoms. The number of ether oxygens (including phenoxy) is 2. The van der Waals surface area contributed by atoms with Crippen molar-refractivity contribution in [3.63, 3.8) is 0 Å². The van der Waals surface area contributed by atoms with Crippen LogP contribution < -0.4 is 14.8 Å². The molecule has 33 heavy (non-hydrogen) atoms. The highest BCUT2D eigenvalue weighted by atomic mass is 35.5. The Hall–Kier alpha value is -3.83. The van der Waals surface area contributed by atoms with E-state index in [2.05, 4.69) is 10.4 Å². The van der Waals surface area contributed by atoms with Crippen molar-refractivity contribution in [2.45, 2.75) is 13.3 Å². The Morgan fingerprint density at radius 3 is 2.55 bits per heavy atom. The molecule has 2 aromatic carbocycles. The molecular formula is C24H22ClFN4O3. The molecule has 1 aromatic heterocycles. The molecule has 1 amide bonds. The number of hydrogen-bond donors (Lipinski definition) is 1. The molecule has 7 nitrogen and oxygen atoms in total. The van der Waals surface area contributed by atoms with Crippen molar-refractivity contribution in [1.29, 1.82) is 5.26 Å². The summed E-state index contributed by atoms with van der Waals surface area (Å²) in [6.45, 7) is 2.02. The van der Waals surface area contributed by atoms with Crippen molar-refractivity contribution in [1.82, 2.24) is 15.1 Å². The van der Waals surface area contributed by atoms with E-state index in [4.69, 9.17) is 21.1 Å². The molecule has 0 spiro atoms. The third kappa shape index (κ3) is 5.51. The fourth-order valence-corrected chi connectivity index (χ4v) is 3.50. The first-order valence-corrected chi connectivity index (χ1v) is 10.4. The van der Waals surface area contributed by atoms with Crippen LogP contribution in [0.15, 0.2) is 48.0 Å². The number of nitrogens with zero attached hydrogens (tertiary/aromatic N) is 3. The van der Waals surface area contributed by atoms with Crippen molar-refractivity contribution < 1.29 is 18.7 Å². The molecular weight excluding hydrogens is 447 g/mol. The average molecular weight is 469 g/mol. The van der Waals surface area contributed by atoms with E-state index in [0.29, 0.717) is 41.4 Å². The van der Waals surface area contributed by atoms with Crippen molar-refractivity contribution in [3.05, 3.63) is 75.8 Å². The van der Waals surface area contributed by atoms with Gasteiger partial charge in [-0.3, -0.25) is 4.79 Å². The van der Waals surface area contributed by atoms with E-state index in [1.54, 1.807) is 27.2 Å². The quantitative estimate of drug-likeness (QED) is 0.394. The summed E-state index contributed by atoms with van der Waals surface area (Å²) < 4.78 is 25.1. The van der Waals surface area contributed by atoms with Crippen LogP contribution in [0.2, 0.25) is 5.15 Å². The number of carbonyl (C=O) groups excluding carboxylic acids is 1. The molecule has 0 unspecified atom stereocenters. The molecule has 1 N–H and O–H groups in total. The van der Waals surface area contributed by atoms with Crippen LogP contribution in [0.3, 0.4) is 0 Å². The maximum Gasteiger partial charge on any atom is 0.261 e. The van der Waals surface area contributed by atoms with E-state index < -0.39 is 5.91 Å². The zero-order valence-corrected chi connectivity index (χ0v) is 19.1. The van der Waals surface area contributed by atoms with Gasteiger partial charge in [0.25, 0.3) is 5.91 Å². The van der Waals surface area contributed by atoms with Gasteiger partial charge in [-0.25, -0.2) is 9.07 Å². The minimum atomic E-state index is -0.525. The highest BCUT2D eigenvalue weighted by molar-refractivity contribution is 6.31. The SMILES string of the molecule is COc1ccc(CCNC(=O)/C(C#N)=C\c2c(C)nn(-c3ccc(F)cc3)c2Cl)cc1OC. The van der Waals surface area contributed by atoms with Crippen LogP contribution in [0.5, 0.6) is 11.5 Å². The highest BCUT2D eigenvalue weighted by Gasteiger charge is 2.17. The Bertz CT molecular complexity index is 1230. The largest absolute Gasteiger partial charge is 0.493 e. The van der Waals surface area contributed by atoms with Crippen LogP contribution in [0.25, 0.3) is 11.8 Å². The summed E-state index contributed by atoms with van der Waals surface area (Å²) in [5.74, 6) is 0.314. The predicted molar refractivity (Wildman–Crippen MR) is 123 cm³/mol. The molecule has 0 fully saturated rings. The molecule has 0 atom stereocenters. The monoisotopic (exact) mass is 468 g/mol. The first kappa shape index (κ1) is 23.8. The van der Waals surface area contributed by atoms with E-state index in [1.165, 1.54) is 35.0 Å². The molecule has 170 valence electrons. The van der Waals surface area contributed by atoms with Gasteiger partial charge in [-0.2, -0.15) is 10.4 Å². The first-order valence-electron chi connectivity index (χ1n) is 10.00. The third-order valence-corrected chi connectivity index (χ3v) is 5.28. The van der Waals surface area contributed by atoms with Crippen LogP contribution in [-0.4, -0.2) is 36.5 Å². The van der Waals surface area contributed by atoms with Crippen LogP contribution in [0.4, 0.5) is 4.39 Å². The second-order valence-corrected chi connectivity index (χ2v) is 7.40. The zero-order valence-electron chi connectivity index (χ0n) is 18.4. The van der Waals surface area contributed by atoms with Crippen LogP contribution in [0, 0.1) is 24.1 Å². The summed E-state index contributed by atoms with van der Waals surface area (Å²) in [5, 5.41) is 16.8. The Morgan fingerprint density at radius 1 is 1.21 bits per heavy atom. The van der Waals surface area contributed by atoms with Crippen molar-refractivity contribution in [2.75, 3.05) is 20.8 Å². The number of nitriles is 1. The van der Waals surface area contributed by atoms with Gasteiger partial charge in [0.2, 0.25) is 0 Å². The summed E-state index contributed by atoms with van der Waals surface area (Å²) in [6.07, 6.45) is 1.93. The predicted octanol–water partition coefficient (Wildman–Crippen LogP) is 4.26. The Balaban J connectivity index is 1.72. The number of halogens is 2. The molecule has 0 radical (unpaired) electrons. The lowest BCUT2D eigenvalue weighted by molar-refractivity contribution is -0.117. The van der Waals surface area contributed by atoms with Crippen molar-refractivity contribution in [3.8, 4) is 23.3 Å². The van der Waals surface area contributed by atoms with E-state index in [1.807, 2.05) is 18.2 Å². The number of nitrogens with one attached hydrogen (secondary N) is 1. The number of aryl methyl sites for hydroxylation is 1. The first-order chi connectivity index (χ1) is 15.9. The zero-order chi connectivity index (χ0) is 24.0. The maximum absolute atomic E-state index is 13.2. The third-order valence-electron chi connectivity index (χ3n) is 4.92. The molecule has 0 aliphatic carbocycles. The standard InChI is InChI=1S/C24H22ClFN4O3/c1-15-20(23(25)30(29-15)19-7-5-18(26)6-8-19)13-17(14-27)24(31)28-11-10-16-4-9-21(32-2)22(12-16)33-3/h4-9,12-13H,10-11H2,1-3H3,(H,28,31)/b17-13-. The number of carbonyl (C=O) groups is 1. The van der Waals surface area contributed by atoms with E-state index in [0.717, 1.165) is 5.56 Å². The van der Waals surface area contributed by atoms with Crippen LogP contribution in [-0.2, 0) is 11.2 Å². The fraction of sp³-hybridized carbons (Fsp3) is 0.208. The fourth-order valence-electron chi connectivity index (χ4n) is 3.17. The Labute approximate surface area is 196 Å². The molecule has 0 aliphatic heterocycles. The van der Waals surface area contributed by atoms with Gasteiger partial charge in [0.05, 0.1) is 25.6 Å². The van der Waals surface area contributed by atoms with E-state index >= 15 is 0 Å². The summed E-state index contributed by atoms with van der Waals surface area (Å²) in [6, 6.07) is 13.1. The average Bonchev–Trinajstić information content (AvgIpc) is 3.10. The highest BCUT2D eigenvalue weighted by Crippen LogP contribution is 2.28. The second kappa shape index (κ2) is 10.7. The minimum absolute atomic E-state index is 0.106. The molecule has 3 rings (SSSR count). The number of amides is 1. The van der Waals surface area contributed by atoms with Crippen molar-refractivity contribution >= 4 is 23.6 Å². The maximum atomic E-state index is 13.2. The van der Waals surface area contributed by atoms with Gasteiger partial charge in [-0.05, 0) is 61.4 Å². The number of rotatable bonds is 8. The van der Waals surface area contributed by atoms with Gasteiger partial charge in [-0.15, -0.1) is 0 Å². The Morgan fingerprint density at radius 2 is 1.91 bits per heavy atom. The topological polar surface area (TPSA) is 89.2 Å². The molecule has 0 saturated carbocycles. The Kier molecular flexibility index (Phi) is 7.70. The van der Waals surface area contributed by atoms with Gasteiger partial charge in [0.15, 0.2) is 11.5 Å². The molecule has 0 aliphatic rings. The summed E-state index contributed by atoms with van der Waals surface area (Å²) >= 11 is 6.45. The van der Waals surface area contributed by atoms with E-state index in [-0.39, 0.29) is 16.5 Å². The normalized spacial score (nSPS) is 11.1. The van der Waals surface area contributed by atoms with Gasteiger partial charge < -0.3 is 14.8 Å². The summed E-state index contributed by atoms with van der Waals surface area (Å²) in [4.78, 5) is 12.6. The summed E-state index contributed by atoms with van der Waals surface area (Å²) in [5.41, 5.74) is 2.35.